The lowest BCUT2D eigenvalue weighted by molar-refractivity contribution is 0.517. The van der Waals surface area contributed by atoms with Crippen molar-refractivity contribution in [1.29, 1.82) is 0 Å². The molecule has 1 rings (SSSR count). The molecule has 0 aromatic carbocycles. The first-order valence-corrected chi connectivity index (χ1v) is 3.89. The molecule has 56 valence electrons. The summed E-state index contributed by atoms with van der Waals surface area (Å²) < 4.78 is 44.4. The van der Waals surface area contributed by atoms with Crippen LogP contribution in [0, 0.1) is 0 Å². The van der Waals surface area contributed by atoms with Gasteiger partial charge in [-0.1, -0.05) is 0 Å². The highest BCUT2D eigenvalue weighted by Crippen LogP contribution is 2.15. The van der Waals surface area contributed by atoms with E-state index in [1.807, 2.05) is 0 Å². The molecule has 0 aliphatic heterocycles. The molecule has 1 aromatic heterocycles. The molecule has 5 heteroatoms. The molecular formula is C5H7Br2N3. The third-order valence-corrected chi connectivity index (χ3v) is 1.68. The maximum absolute atomic E-state index is 7.24. The molecule has 0 radical (unpaired) electrons. The lowest BCUT2D eigenvalue weighted by Crippen LogP contribution is -2.02. The van der Waals surface area contributed by atoms with Gasteiger partial charge in [-0.15, -0.1) is 5.10 Å². The first-order valence-electron chi connectivity index (χ1n) is 5.31. The third-order valence-electron chi connectivity index (χ3n) is 0.808. The minimum Gasteiger partial charge on any atom is -0.237 e. The van der Waals surface area contributed by atoms with Gasteiger partial charge in [0.05, 0.1) is 0 Å². The van der Waals surface area contributed by atoms with Crippen molar-refractivity contribution in [3.05, 3.63) is 9.47 Å². The van der Waals surface area contributed by atoms with Gasteiger partial charge in [-0.3, -0.25) is 0 Å². The molecule has 0 bridgehead atoms. The molecule has 0 unspecified atom stereocenters. The summed E-state index contributed by atoms with van der Waals surface area (Å²) in [5.74, 6) is 0. The Morgan fingerprint density at radius 1 is 1.60 bits per heavy atom. The van der Waals surface area contributed by atoms with E-state index < -0.39 is 19.7 Å². The van der Waals surface area contributed by atoms with Crippen LogP contribution in [0.15, 0.2) is 9.47 Å². The number of nitrogens with zero attached hydrogens (tertiary/aromatic N) is 3. The van der Waals surface area contributed by atoms with Crippen molar-refractivity contribution in [3.8, 4) is 0 Å². The second kappa shape index (κ2) is 3.00. The molecule has 1 aromatic rings. The number of rotatable bonds is 1. The van der Waals surface area contributed by atoms with Gasteiger partial charge in [0.15, 0.2) is 4.73 Å². The molecule has 0 N–H and O–H groups in total. The molecule has 0 spiro atoms. The molecule has 0 saturated carbocycles. The molecule has 0 aliphatic carbocycles. The van der Waals surface area contributed by atoms with E-state index in [2.05, 4.69) is 41.9 Å². The number of aromatic nitrogens is 3. The summed E-state index contributed by atoms with van der Waals surface area (Å²) in [4.78, 5) is 3.74. The van der Waals surface area contributed by atoms with Gasteiger partial charge < -0.3 is 0 Å². The Bertz CT molecular complexity index is 368. The summed E-state index contributed by atoms with van der Waals surface area (Å²) in [6, 6.07) is -1.73. The van der Waals surface area contributed by atoms with Crippen LogP contribution < -0.4 is 0 Å². The minimum atomic E-state index is -2.69. The summed E-state index contributed by atoms with van der Waals surface area (Å²) in [6.45, 7) is -5.39. The summed E-state index contributed by atoms with van der Waals surface area (Å²) in [7, 11) is 0. The van der Waals surface area contributed by atoms with Crippen molar-refractivity contribution < 1.29 is 8.22 Å². The van der Waals surface area contributed by atoms with Crippen LogP contribution in [0.2, 0.25) is 0 Å². The van der Waals surface area contributed by atoms with Gasteiger partial charge in [0.2, 0.25) is 4.73 Å². The Morgan fingerprint density at radius 2 is 2.30 bits per heavy atom. The lowest BCUT2D eigenvalue weighted by atomic mass is 10.4. The van der Waals surface area contributed by atoms with Crippen molar-refractivity contribution in [2.24, 2.45) is 0 Å². The minimum absolute atomic E-state index is 0.0524. The molecule has 0 atom stereocenters. The second-order valence-electron chi connectivity index (χ2n) is 1.50. The van der Waals surface area contributed by atoms with Crippen LogP contribution in [-0.4, -0.2) is 14.8 Å². The highest BCUT2D eigenvalue weighted by atomic mass is 79.9. The van der Waals surface area contributed by atoms with Crippen LogP contribution in [0.1, 0.15) is 28.0 Å². The van der Waals surface area contributed by atoms with Crippen molar-refractivity contribution in [1.82, 2.24) is 14.8 Å². The van der Waals surface area contributed by atoms with E-state index in [9.17, 15) is 0 Å². The van der Waals surface area contributed by atoms with Gasteiger partial charge in [-0.25, -0.2) is 4.68 Å². The topological polar surface area (TPSA) is 30.7 Å². The number of hydrogen-bond acceptors (Lipinski definition) is 2. The molecule has 0 aliphatic rings. The lowest BCUT2D eigenvalue weighted by Gasteiger charge is -2.03. The van der Waals surface area contributed by atoms with E-state index >= 15 is 0 Å². The fourth-order valence-corrected chi connectivity index (χ4v) is 1.47. The molecule has 0 saturated heterocycles. The van der Waals surface area contributed by atoms with Crippen molar-refractivity contribution in [3.63, 3.8) is 0 Å². The smallest absolute Gasteiger partial charge is 0.218 e. The average molecular weight is 275 g/mol. The van der Waals surface area contributed by atoms with E-state index in [-0.39, 0.29) is 9.47 Å². The Kier molecular flexibility index (Phi) is 0.969. The SMILES string of the molecule is [2H]C([2H])([2H])C(n1nc(Br)nc1Br)C([2H])([2H])[2H]. The number of hydrogen-bond donors (Lipinski definition) is 0. The van der Waals surface area contributed by atoms with E-state index in [1.54, 1.807) is 0 Å². The van der Waals surface area contributed by atoms with Crippen LogP contribution in [0.5, 0.6) is 0 Å². The Balaban J connectivity index is 3.28. The molecule has 1 heterocycles. The van der Waals surface area contributed by atoms with Crippen LogP contribution in [0.3, 0.4) is 0 Å². The van der Waals surface area contributed by atoms with Crippen molar-refractivity contribution in [2.75, 3.05) is 0 Å². The van der Waals surface area contributed by atoms with E-state index in [1.165, 1.54) is 0 Å². The summed E-state index contributed by atoms with van der Waals surface area (Å²) in [6.07, 6.45) is 0. The Labute approximate surface area is 84.5 Å². The first-order chi connectivity index (χ1) is 7.03. The molecule has 0 fully saturated rings. The van der Waals surface area contributed by atoms with E-state index in [0.717, 1.165) is 4.68 Å². The molecule has 0 amide bonds. The van der Waals surface area contributed by atoms with Crippen LogP contribution >= 0.6 is 31.9 Å². The quantitative estimate of drug-likeness (QED) is 0.787. The summed E-state index contributed by atoms with van der Waals surface area (Å²) >= 11 is 5.91. The fourth-order valence-electron chi connectivity index (χ4n) is 0.444. The van der Waals surface area contributed by atoms with E-state index in [0.29, 0.717) is 0 Å². The molecule has 3 nitrogen and oxygen atoms in total. The van der Waals surface area contributed by atoms with Crippen LogP contribution in [0.25, 0.3) is 0 Å². The third kappa shape index (κ3) is 1.58. The predicted molar refractivity (Wildman–Crippen MR) is 45.8 cm³/mol. The van der Waals surface area contributed by atoms with Gasteiger partial charge in [0.25, 0.3) is 0 Å². The van der Waals surface area contributed by atoms with Crippen molar-refractivity contribution in [2.45, 2.75) is 19.7 Å². The second-order valence-corrected chi connectivity index (χ2v) is 2.92. The first kappa shape index (κ1) is 3.23. The summed E-state index contributed by atoms with van der Waals surface area (Å²) in [5.41, 5.74) is 0. The van der Waals surface area contributed by atoms with Gasteiger partial charge in [-0.05, 0) is 45.6 Å². The zero-order valence-corrected chi connectivity index (χ0v) is 7.85. The maximum Gasteiger partial charge on any atom is 0.218 e. The molecular weight excluding hydrogens is 262 g/mol. The maximum atomic E-state index is 7.24. The van der Waals surface area contributed by atoms with Gasteiger partial charge in [0.1, 0.15) is 0 Å². The highest BCUT2D eigenvalue weighted by molar-refractivity contribution is 9.11. The zero-order valence-electron chi connectivity index (χ0n) is 10.7. The Morgan fingerprint density at radius 3 is 2.70 bits per heavy atom. The average Bonchev–Trinajstić information content (AvgIpc) is 2.23. The van der Waals surface area contributed by atoms with Gasteiger partial charge in [0, 0.05) is 14.3 Å². The zero-order chi connectivity index (χ0) is 12.7. The number of halogens is 2. The van der Waals surface area contributed by atoms with Crippen LogP contribution in [-0.2, 0) is 0 Å². The standard InChI is InChI=1S/C5H7Br2N3/c1-3(2)10-5(7)8-4(6)9-10/h3H,1-2H3/i1D3,2D3. The van der Waals surface area contributed by atoms with Crippen molar-refractivity contribution >= 4 is 31.9 Å². The monoisotopic (exact) mass is 273 g/mol. The van der Waals surface area contributed by atoms with E-state index in [4.69, 9.17) is 8.22 Å². The highest BCUT2D eigenvalue weighted by Gasteiger charge is 2.06. The summed E-state index contributed by atoms with van der Waals surface area (Å²) in [5, 5.41) is 3.70. The normalized spacial score (nSPS) is 22.3. The largest absolute Gasteiger partial charge is 0.237 e. The Hall–Kier alpha value is 0.1000. The van der Waals surface area contributed by atoms with Crippen LogP contribution in [0.4, 0.5) is 0 Å². The van der Waals surface area contributed by atoms with Gasteiger partial charge in [-0.2, -0.15) is 4.98 Å². The molecule has 10 heavy (non-hydrogen) atoms. The predicted octanol–water partition coefficient (Wildman–Crippen LogP) is 2.38. The fraction of sp³-hybridized carbons (Fsp3) is 0.600. The van der Waals surface area contributed by atoms with Gasteiger partial charge >= 0.3 is 0 Å².